The lowest BCUT2D eigenvalue weighted by Crippen LogP contribution is -2.21. The summed E-state index contributed by atoms with van der Waals surface area (Å²) in [4.78, 5) is 3.12. The van der Waals surface area contributed by atoms with E-state index in [4.69, 9.17) is 4.42 Å². The van der Waals surface area contributed by atoms with Crippen LogP contribution in [0.2, 0.25) is 0 Å². The highest BCUT2D eigenvalue weighted by atomic mass is 19.4. The number of hydrogen-bond acceptors (Lipinski definition) is 3. The first-order chi connectivity index (χ1) is 17.5. The number of nitrogens with zero attached hydrogens (tertiary/aromatic N) is 1. The van der Waals surface area contributed by atoms with Crippen LogP contribution in [-0.4, -0.2) is 25.4 Å². The van der Waals surface area contributed by atoms with Crippen LogP contribution in [0.4, 0.5) is 54.0 Å². The Kier molecular flexibility index (Phi) is 6.78. The van der Waals surface area contributed by atoms with Crippen molar-refractivity contribution in [2.75, 3.05) is 18.4 Å². The van der Waals surface area contributed by atoms with Crippen LogP contribution in [0, 0.1) is 11.6 Å². The van der Waals surface area contributed by atoms with Crippen LogP contribution >= 0.6 is 0 Å². The Morgan fingerprint density at radius 1 is 0.763 bits per heavy atom. The molecule has 1 N–H and O–H groups in total. The molecule has 4 rings (SSSR count). The maximum atomic E-state index is 14.8. The van der Waals surface area contributed by atoms with Gasteiger partial charge in [-0.3, -0.25) is 4.99 Å². The van der Waals surface area contributed by atoms with E-state index in [1.54, 1.807) is 5.32 Å². The molecule has 0 radical (unpaired) electrons. The summed E-state index contributed by atoms with van der Waals surface area (Å²) in [6.07, 6.45) is -14.5. The van der Waals surface area contributed by atoms with E-state index in [1.807, 2.05) is 0 Å². The number of alkyl halides is 9. The molecule has 3 nitrogen and oxygen atoms in total. The van der Waals surface area contributed by atoms with Crippen LogP contribution in [0.5, 0.6) is 0 Å². The molecule has 202 valence electrons. The summed E-state index contributed by atoms with van der Waals surface area (Å²) in [6, 6.07) is 6.68. The van der Waals surface area contributed by atoms with Crippen molar-refractivity contribution in [3.63, 3.8) is 0 Å². The third-order valence-electron chi connectivity index (χ3n) is 5.29. The summed E-state index contributed by atoms with van der Waals surface area (Å²) in [5.41, 5.74) is -3.67. The van der Waals surface area contributed by atoms with Gasteiger partial charge in [0.05, 0.1) is 16.6 Å². The SMILES string of the molecule is Fc1cc2c(-c3ccccc3C(F)(F)F)c3cc(F)c(=NCC(F)(F)F)cc-3oc2cc1NCC(F)(F)F. The van der Waals surface area contributed by atoms with Crippen molar-refractivity contribution in [3.05, 3.63) is 71.1 Å². The zero-order chi connectivity index (χ0) is 28.0. The highest BCUT2D eigenvalue weighted by Gasteiger charge is 2.35. The first-order valence-corrected chi connectivity index (χ1v) is 10.5. The molecule has 0 saturated carbocycles. The van der Waals surface area contributed by atoms with Crippen LogP contribution < -0.4 is 10.7 Å². The Morgan fingerprint density at radius 2 is 1.45 bits per heavy atom. The fourth-order valence-electron chi connectivity index (χ4n) is 3.78. The lowest BCUT2D eigenvalue weighted by Gasteiger charge is -2.20. The summed E-state index contributed by atoms with van der Waals surface area (Å²) in [7, 11) is 0. The minimum atomic E-state index is -4.94. The van der Waals surface area contributed by atoms with E-state index in [0.717, 1.165) is 18.2 Å². The first kappa shape index (κ1) is 27.2. The Hall–Kier alpha value is -3.84. The van der Waals surface area contributed by atoms with Gasteiger partial charge in [0.15, 0.2) is 0 Å². The molecule has 38 heavy (non-hydrogen) atoms. The van der Waals surface area contributed by atoms with Gasteiger partial charge in [0.25, 0.3) is 0 Å². The van der Waals surface area contributed by atoms with Crippen LogP contribution in [0.3, 0.4) is 0 Å². The van der Waals surface area contributed by atoms with Gasteiger partial charge in [-0.2, -0.15) is 39.5 Å². The van der Waals surface area contributed by atoms with Gasteiger partial charge in [0, 0.05) is 28.6 Å². The number of benzene rings is 3. The maximum absolute atomic E-state index is 14.8. The summed E-state index contributed by atoms with van der Waals surface area (Å²) >= 11 is 0. The van der Waals surface area contributed by atoms with Gasteiger partial charge in [-0.25, -0.2) is 8.78 Å². The predicted molar refractivity (Wildman–Crippen MR) is 114 cm³/mol. The summed E-state index contributed by atoms with van der Waals surface area (Å²) in [6.45, 7) is -3.43. The van der Waals surface area contributed by atoms with E-state index in [9.17, 15) is 48.3 Å². The molecule has 0 saturated heterocycles. The van der Waals surface area contributed by atoms with Gasteiger partial charge in [-0.05, 0) is 23.8 Å². The standard InChI is InChI=1S/C24H13F11N2O/c25-15-5-12-19(7-17(15)36-9-22(27,28)29)38-20-8-18(37-10-23(30,31)32)16(26)6-13(20)21(12)11-3-1-2-4-14(11)24(33,34)35/h1-8,36H,9-10H2. The lowest BCUT2D eigenvalue weighted by atomic mass is 9.90. The Labute approximate surface area is 205 Å². The fourth-order valence-corrected chi connectivity index (χ4v) is 3.78. The largest absolute Gasteiger partial charge is 0.456 e. The molecule has 0 aromatic heterocycles. The minimum absolute atomic E-state index is 0.358. The van der Waals surface area contributed by atoms with Gasteiger partial charge in [0.1, 0.15) is 36.1 Å². The van der Waals surface area contributed by atoms with Gasteiger partial charge in [0.2, 0.25) is 0 Å². The third-order valence-corrected chi connectivity index (χ3v) is 5.29. The number of nitrogens with one attached hydrogen (secondary N) is 1. The zero-order valence-electron chi connectivity index (χ0n) is 18.5. The van der Waals surface area contributed by atoms with Crippen LogP contribution in [0.1, 0.15) is 5.56 Å². The quantitative estimate of drug-likeness (QED) is 0.206. The van der Waals surface area contributed by atoms with E-state index in [2.05, 4.69) is 4.99 Å². The average Bonchev–Trinajstić information content (AvgIpc) is 2.79. The topological polar surface area (TPSA) is 37.5 Å². The molecule has 0 unspecified atom stereocenters. The molecule has 0 atom stereocenters. The highest BCUT2D eigenvalue weighted by Crippen LogP contribution is 2.45. The molecule has 0 bridgehead atoms. The normalized spacial score (nSPS) is 13.5. The summed E-state index contributed by atoms with van der Waals surface area (Å²) < 4.78 is 152. The van der Waals surface area contributed by atoms with Crippen molar-refractivity contribution in [2.24, 2.45) is 4.99 Å². The molecule has 2 aromatic carbocycles. The number of anilines is 1. The van der Waals surface area contributed by atoms with Gasteiger partial charge < -0.3 is 9.73 Å². The molecular formula is C24H13F11N2O. The second-order valence-electron chi connectivity index (χ2n) is 8.05. The van der Waals surface area contributed by atoms with Gasteiger partial charge in [-0.15, -0.1) is 0 Å². The van der Waals surface area contributed by atoms with Gasteiger partial charge >= 0.3 is 18.5 Å². The lowest BCUT2D eigenvalue weighted by molar-refractivity contribution is -0.137. The predicted octanol–water partition coefficient (Wildman–Crippen LogP) is 7.94. The van der Waals surface area contributed by atoms with E-state index in [1.165, 1.54) is 6.07 Å². The molecule has 1 heterocycles. The second-order valence-corrected chi connectivity index (χ2v) is 8.05. The van der Waals surface area contributed by atoms with Crippen molar-refractivity contribution in [2.45, 2.75) is 18.5 Å². The molecule has 0 amide bonds. The monoisotopic (exact) mass is 554 g/mol. The van der Waals surface area contributed by atoms with Crippen molar-refractivity contribution in [3.8, 4) is 22.5 Å². The Bertz CT molecular complexity index is 1530. The van der Waals surface area contributed by atoms with Crippen LogP contribution in [0.25, 0.3) is 33.4 Å². The molecule has 0 fully saturated rings. The van der Waals surface area contributed by atoms with Gasteiger partial charge in [-0.1, -0.05) is 18.2 Å². The molecule has 1 aliphatic heterocycles. The summed E-state index contributed by atoms with van der Waals surface area (Å²) in [5.74, 6) is -3.05. The zero-order valence-corrected chi connectivity index (χ0v) is 18.5. The van der Waals surface area contributed by atoms with E-state index < -0.39 is 82.3 Å². The van der Waals surface area contributed by atoms with Crippen molar-refractivity contribution < 1.29 is 52.7 Å². The van der Waals surface area contributed by atoms with Crippen LogP contribution in [0.15, 0.2) is 57.9 Å². The van der Waals surface area contributed by atoms with Crippen LogP contribution in [-0.2, 0) is 6.18 Å². The fraction of sp³-hybridized carbons (Fsp3) is 0.208. The molecule has 1 aliphatic carbocycles. The number of fused-ring (bicyclic) bond motifs is 2. The first-order valence-electron chi connectivity index (χ1n) is 10.5. The molecule has 2 aromatic rings. The Morgan fingerprint density at radius 3 is 2.08 bits per heavy atom. The second kappa shape index (κ2) is 9.48. The number of hydrogen-bond donors (Lipinski definition) is 1. The molecule has 0 spiro atoms. The van der Waals surface area contributed by atoms with Crippen molar-refractivity contribution >= 4 is 16.7 Å². The average molecular weight is 554 g/mol. The maximum Gasteiger partial charge on any atom is 0.417 e. The molecule has 2 aliphatic rings. The third kappa shape index (κ3) is 5.83. The van der Waals surface area contributed by atoms with Crippen molar-refractivity contribution in [1.29, 1.82) is 0 Å². The number of rotatable bonds is 4. The Balaban J connectivity index is 2.08. The minimum Gasteiger partial charge on any atom is -0.456 e. The number of halogens is 11. The van der Waals surface area contributed by atoms with E-state index in [-0.39, 0.29) is 10.9 Å². The highest BCUT2D eigenvalue weighted by molar-refractivity contribution is 6.03. The smallest absolute Gasteiger partial charge is 0.417 e. The summed E-state index contributed by atoms with van der Waals surface area (Å²) in [5, 5.41) is 0.616. The van der Waals surface area contributed by atoms with Crippen molar-refractivity contribution in [1.82, 2.24) is 0 Å². The molecule has 14 heteroatoms. The van der Waals surface area contributed by atoms with E-state index >= 15 is 0 Å². The van der Waals surface area contributed by atoms with E-state index in [0.29, 0.717) is 24.3 Å². The molecular weight excluding hydrogens is 541 g/mol.